The summed E-state index contributed by atoms with van der Waals surface area (Å²) >= 11 is 0. The van der Waals surface area contributed by atoms with E-state index in [0.717, 1.165) is 42.3 Å². The van der Waals surface area contributed by atoms with Crippen LogP contribution in [0.15, 0.2) is 30.5 Å². The van der Waals surface area contributed by atoms with Crippen molar-refractivity contribution in [2.75, 3.05) is 26.9 Å². The molecule has 3 heterocycles. The molecule has 0 bridgehead atoms. The summed E-state index contributed by atoms with van der Waals surface area (Å²) in [6.07, 6.45) is 14.7. The molecule has 158 valence electrons. The summed E-state index contributed by atoms with van der Waals surface area (Å²) in [6, 6.07) is 2.57. The number of rotatable bonds is 7. The third kappa shape index (κ3) is 5.40. The Morgan fingerprint density at radius 3 is 2.79 bits per heavy atom. The van der Waals surface area contributed by atoms with Crippen LogP contribution in [-0.4, -0.2) is 36.5 Å². The standard InChI is InChI=1S/C23H30N2O2.C2H6/c1-5-7-9-18-14-22(24-17(18)3)21-15-25(19-11-13-27-16-19)23(20(21)6-2)10-8-12-26-4;1-2/h5,7-10,14-15,19,24H,3,6,11-13,16H2,1-2,4H3;1-2H3/b7-5-,10-8-,18-9-;. The molecule has 0 aromatic carbocycles. The molecule has 2 aromatic heterocycles. The number of aromatic nitrogens is 2. The Kier molecular flexibility index (Phi) is 9.23. The molecule has 0 spiro atoms. The zero-order chi connectivity index (χ0) is 21.2. The summed E-state index contributed by atoms with van der Waals surface area (Å²) in [7, 11) is 1.72. The van der Waals surface area contributed by atoms with Gasteiger partial charge in [0.25, 0.3) is 0 Å². The maximum Gasteiger partial charge on any atom is 0.0674 e. The van der Waals surface area contributed by atoms with Crippen LogP contribution < -0.4 is 10.6 Å². The van der Waals surface area contributed by atoms with Crippen molar-refractivity contribution >= 4 is 18.7 Å². The molecule has 2 aromatic rings. The highest BCUT2D eigenvalue weighted by molar-refractivity contribution is 5.71. The van der Waals surface area contributed by atoms with Crippen molar-refractivity contribution in [2.24, 2.45) is 0 Å². The van der Waals surface area contributed by atoms with Crippen LogP contribution in [0.4, 0.5) is 0 Å². The average molecular weight is 397 g/mol. The minimum absolute atomic E-state index is 0.384. The number of hydrogen-bond donors (Lipinski definition) is 1. The van der Waals surface area contributed by atoms with Crippen molar-refractivity contribution in [3.8, 4) is 11.3 Å². The topological polar surface area (TPSA) is 39.2 Å². The summed E-state index contributed by atoms with van der Waals surface area (Å²) in [5.41, 5.74) is 4.95. The molecular weight excluding hydrogens is 360 g/mol. The predicted molar refractivity (Wildman–Crippen MR) is 124 cm³/mol. The predicted octanol–water partition coefficient (Wildman–Crippen LogP) is 4.46. The first-order chi connectivity index (χ1) is 14.2. The van der Waals surface area contributed by atoms with Gasteiger partial charge in [0.05, 0.1) is 19.3 Å². The van der Waals surface area contributed by atoms with E-state index in [2.05, 4.69) is 53.5 Å². The van der Waals surface area contributed by atoms with Gasteiger partial charge in [0, 0.05) is 42.2 Å². The Labute approximate surface area is 175 Å². The second-order valence-corrected chi connectivity index (χ2v) is 6.85. The molecule has 1 N–H and O–H groups in total. The third-order valence-electron chi connectivity index (χ3n) is 5.06. The van der Waals surface area contributed by atoms with Gasteiger partial charge in [-0.3, -0.25) is 0 Å². The molecule has 0 radical (unpaired) electrons. The van der Waals surface area contributed by atoms with Crippen molar-refractivity contribution < 1.29 is 9.47 Å². The van der Waals surface area contributed by atoms with Crippen LogP contribution in [0, 0.1) is 0 Å². The Morgan fingerprint density at radius 1 is 1.38 bits per heavy atom. The van der Waals surface area contributed by atoms with Gasteiger partial charge < -0.3 is 19.0 Å². The molecule has 0 amide bonds. The number of nitrogens with one attached hydrogen (secondary N) is 1. The number of aromatic amines is 1. The summed E-state index contributed by atoms with van der Waals surface area (Å²) in [5, 5.41) is 2.07. The average Bonchev–Trinajstić information content (AvgIpc) is 3.46. The second-order valence-electron chi connectivity index (χ2n) is 6.85. The third-order valence-corrected chi connectivity index (χ3v) is 5.06. The smallest absolute Gasteiger partial charge is 0.0674 e. The molecule has 1 aliphatic heterocycles. The van der Waals surface area contributed by atoms with Crippen molar-refractivity contribution in [2.45, 2.75) is 46.6 Å². The first-order valence-electron chi connectivity index (χ1n) is 10.7. The minimum atomic E-state index is 0.384. The molecule has 0 saturated carbocycles. The molecule has 4 nitrogen and oxygen atoms in total. The lowest BCUT2D eigenvalue weighted by Gasteiger charge is -2.13. The van der Waals surface area contributed by atoms with Gasteiger partial charge in [-0.2, -0.15) is 0 Å². The maximum absolute atomic E-state index is 5.65. The van der Waals surface area contributed by atoms with E-state index in [1.807, 2.05) is 32.9 Å². The van der Waals surface area contributed by atoms with Gasteiger partial charge in [0.2, 0.25) is 0 Å². The molecule has 1 aliphatic rings. The van der Waals surface area contributed by atoms with Crippen molar-refractivity contribution in [3.05, 3.63) is 52.3 Å². The largest absolute Gasteiger partial charge is 0.381 e. The van der Waals surface area contributed by atoms with E-state index in [-0.39, 0.29) is 0 Å². The molecule has 3 rings (SSSR count). The van der Waals surface area contributed by atoms with E-state index in [4.69, 9.17) is 9.47 Å². The highest BCUT2D eigenvalue weighted by atomic mass is 16.5. The molecule has 29 heavy (non-hydrogen) atoms. The summed E-state index contributed by atoms with van der Waals surface area (Å²) in [6.45, 7) is 14.6. The normalized spacial score (nSPS) is 17.4. The van der Waals surface area contributed by atoms with Crippen LogP contribution in [0.5, 0.6) is 0 Å². The van der Waals surface area contributed by atoms with Gasteiger partial charge in [-0.25, -0.2) is 0 Å². The molecule has 1 fully saturated rings. The van der Waals surface area contributed by atoms with Gasteiger partial charge in [0.1, 0.15) is 0 Å². The van der Waals surface area contributed by atoms with Gasteiger partial charge >= 0.3 is 0 Å². The van der Waals surface area contributed by atoms with Crippen LogP contribution >= 0.6 is 0 Å². The fraction of sp³-hybridized carbons (Fsp3) is 0.440. The molecule has 4 heteroatoms. The number of methoxy groups -OCH3 is 1. The zero-order valence-corrected chi connectivity index (χ0v) is 18.6. The van der Waals surface area contributed by atoms with Gasteiger partial charge in [-0.15, -0.1) is 0 Å². The molecule has 1 unspecified atom stereocenters. The summed E-state index contributed by atoms with van der Waals surface area (Å²) in [4.78, 5) is 3.47. The fourth-order valence-corrected chi connectivity index (χ4v) is 3.68. The van der Waals surface area contributed by atoms with Crippen LogP contribution in [0.3, 0.4) is 0 Å². The van der Waals surface area contributed by atoms with Crippen molar-refractivity contribution in [1.82, 2.24) is 9.55 Å². The molecular formula is C25H36N2O2. The van der Waals surface area contributed by atoms with Crippen LogP contribution in [0.25, 0.3) is 30.0 Å². The highest BCUT2D eigenvalue weighted by Gasteiger charge is 2.23. The number of allylic oxidation sites excluding steroid dienone is 2. The zero-order valence-electron chi connectivity index (χ0n) is 18.6. The van der Waals surface area contributed by atoms with Crippen LogP contribution in [0.1, 0.15) is 51.4 Å². The Bertz CT molecular complexity index is 925. The summed E-state index contributed by atoms with van der Waals surface area (Å²) in [5.74, 6) is 0. The molecule has 1 saturated heterocycles. The molecule has 0 aliphatic carbocycles. The van der Waals surface area contributed by atoms with Crippen molar-refractivity contribution in [3.63, 3.8) is 0 Å². The SMILES string of the molecule is C=c1[nH]c(-c2cn(C3CCOC3)c(/C=C\COC)c2CC)c/c1=C/C=C\C.CC. The Hall–Kier alpha value is -2.30. The van der Waals surface area contributed by atoms with E-state index in [0.29, 0.717) is 12.6 Å². The van der Waals surface area contributed by atoms with Gasteiger partial charge in [0.15, 0.2) is 0 Å². The number of nitrogens with zero attached hydrogens (tertiary/aromatic N) is 1. The lowest BCUT2D eigenvalue weighted by atomic mass is 10.1. The maximum atomic E-state index is 5.65. The number of H-pyrrole nitrogens is 1. The van der Waals surface area contributed by atoms with Crippen molar-refractivity contribution in [1.29, 1.82) is 0 Å². The van der Waals surface area contributed by atoms with E-state index in [1.165, 1.54) is 16.8 Å². The van der Waals surface area contributed by atoms with Crippen LogP contribution in [-0.2, 0) is 15.9 Å². The first kappa shape index (κ1) is 23.0. The summed E-state index contributed by atoms with van der Waals surface area (Å²) < 4.78 is 13.2. The van der Waals surface area contributed by atoms with E-state index in [1.54, 1.807) is 7.11 Å². The highest BCUT2D eigenvalue weighted by Crippen LogP contribution is 2.32. The second kappa shape index (κ2) is 11.6. The lowest BCUT2D eigenvalue weighted by Crippen LogP contribution is -2.19. The van der Waals surface area contributed by atoms with E-state index >= 15 is 0 Å². The quantitative estimate of drug-likeness (QED) is 0.750. The Morgan fingerprint density at radius 2 is 2.17 bits per heavy atom. The first-order valence-corrected chi connectivity index (χ1v) is 10.7. The molecule has 1 atom stereocenters. The van der Waals surface area contributed by atoms with Crippen LogP contribution in [0.2, 0.25) is 0 Å². The van der Waals surface area contributed by atoms with E-state index in [9.17, 15) is 0 Å². The fourth-order valence-electron chi connectivity index (χ4n) is 3.68. The van der Waals surface area contributed by atoms with E-state index < -0.39 is 0 Å². The minimum Gasteiger partial charge on any atom is -0.381 e. The van der Waals surface area contributed by atoms with Gasteiger partial charge in [-0.05, 0) is 42.7 Å². The monoisotopic (exact) mass is 396 g/mol. The lowest BCUT2D eigenvalue weighted by molar-refractivity contribution is 0.186. The number of hydrogen-bond acceptors (Lipinski definition) is 2. The Balaban J connectivity index is 0.00000145. The van der Waals surface area contributed by atoms with Gasteiger partial charge in [-0.1, -0.05) is 51.7 Å². The number of ether oxygens (including phenoxy) is 2.